The quantitative estimate of drug-likeness (QED) is 0.613. The SMILES string of the molecule is NC(=O)c1ccccc1O.[C]. The first kappa shape index (κ1) is 9.49. The first-order chi connectivity index (χ1) is 4.72. The second-order valence-electron chi connectivity index (χ2n) is 1.88. The number of primary amides is 1. The van der Waals surface area contributed by atoms with E-state index in [1.54, 1.807) is 12.1 Å². The average molecular weight is 149 g/mol. The molecule has 0 aliphatic rings. The lowest BCUT2D eigenvalue weighted by molar-refractivity contribution is 0.0998. The molecule has 56 valence electrons. The molecule has 0 aromatic heterocycles. The molecule has 0 heterocycles. The minimum atomic E-state index is -0.613. The highest BCUT2D eigenvalue weighted by Crippen LogP contribution is 2.13. The summed E-state index contributed by atoms with van der Waals surface area (Å²) in [4.78, 5) is 10.5. The zero-order chi connectivity index (χ0) is 7.56. The monoisotopic (exact) mass is 149 g/mol. The topological polar surface area (TPSA) is 63.3 Å². The van der Waals surface area contributed by atoms with Gasteiger partial charge in [0.15, 0.2) is 0 Å². The largest absolute Gasteiger partial charge is 0.507 e. The van der Waals surface area contributed by atoms with Crippen LogP contribution in [0.1, 0.15) is 10.4 Å². The van der Waals surface area contributed by atoms with E-state index in [9.17, 15) is 4.79 Å². The molecule has 3 nitrogen and oxygen atoms in total. The lowest BCUT2D eigenvalue weighted by Gasteiger charge is -1.96. The predicted molar refractivity (Wildman–Crippen MR) is 39.9 cm³/mol. The molecule has 0 fully saturated rings. The number of benzene rings is 1. The highest BCUT2D eigenvalue weighted by Gasteiger charge is 2.03. The Hall–Kier alpha value is -1.51. The summed E-state index contributed by atoms with van der Waals surface area (Å²) in [5.41, 5.74) is 5.07. The number of para-hydroxylation sites is 1. The second kappa shape index (κ2) is 3.61. The minimum Gasteiger partial charge on any atom is -0.507 e. The van der Waals surface area contributed by atoms with E-state index in [0.717, 1.165) is 0 Å². The van der Waals surface area contributed by atoms with Crippen molar-refractivity contribution in [2.24, 2.45) is 5.73 Å². The van der Waals surface area contributed by atoms with Crippen LogP contribution >= 0.6 is 0 Å². The fraction of sp³-hybridized carbons (Fsp3) is 0. The van der Waals surface area contributed by atoms with Crippen molar-refractivity contribution in [2.75, 3.05) is 0 Å². The molecule has 1 aromatic rings. The van der Waals surface area contributed by atoms with Gasteiger partial charge in [-0.2, -0.15) is 0 Å². The molecule has 1 rings (SSSR count). The van der Waals surface area contributed by atoms with E-state index < -0.39 is 5.91 Å². The van der Waals surface area contributed by atoms with Crippen LogP contribution in [0.2, 0.25) is 0 Å². The summed E-state index contributed by atoms with van der Waals surface area (Å²) in [5, 5.41) is 8.98. The summed E-state index contributed by atoms with van der Waals surface area (Å²) in [6.45, 7) is 0. The van der Waals surface area contributed by atoms with Crippen molar-refractivity contribution in [3.63, 3.8) is 0 Å². The fourth-order valence-electron chi connectivity index (χ4n) is 0.682. The second-order valence-corrected chi connectivity index (χ2v) is 1.88. The number of phenols is 1. The molecule has 11 heavy (non-hydrogen) atoms. The van der Waals surface area contributed by atoms with Gasteiger partial charge >= 0.3 is 0 Å². The molecule has 1 amide bonds. The van der Waals surface area contributed by atoms with Gasteiger partial charge in [0.05, 0.1) is 5.56 Å². The number of carbonyl (C=O) groups is 1. The first-order valence-corrected chi connectivity index (χ1v) is 2.79. The van der Waals surface area contributed by atoms with Gasteiger partial charge in [0.1, 0.15) is 5.75 Å². The molecule has 3 N–H and O–H groups in total. The molecule has 0 unspecified atom stereocenters. The van der Waals surface area contributed by atoms with E-state index in [2.05, 4.69) is 0 Å². The molecule has 0 saturated heterocycles. The molecule has 0 atom stereocenters. The molecular weight excluding hydrogens is 142 g/mol. The Balaban J connectivity index is 0.000001000. The van der Waals surface area contributed by atoms with Crippen LogP contribution in [0.5, 0.6) is 5.75 Å². The smallest absolute Gasteiger partial charge is 0.252 e. The standard InChI is InChI=1S/C7H7NO2.C/c8-7(10)5-3-1-2-4-6(5)9;/h1-4,9H,(H2,8,10);. The third kappa shape index (κ3) is 1.97. The van der Waals surface area contributed by atoms with Crippen LogP contribution in [0.4, 0.5) is 0 Å². The molecule has 0 aliphatic carbocycles. The number of nitrogens with two attached hydrogens (primary N) is 1. The third-order valence-electron chi connectivity index (χ3n) is 1.17. The lowest BCUT2D eigenvalue weighted by Crippen LogP contribution is -2.10. The normalized spacial score (nSPS) is 8.36. The third-order valence-corrected chi connectivity index (χ3v) is 1.17. The Morgan fingerprint density at radius 1 is 1.36 bits per heavy atom. The number of carbonyl (C=O) groups excluding carboxylic acids is 1. The zero-order valence-electron chi connectivity index (χ0n) is 5.74. The Morgan fingerprint density at radius 2 is 1.91 bits per heavy atom. The first-order valence-electron chi connectivity index (χ1n) is 2.79. The highest BCUT2D eigenvalue weighted by atomic mass is 16.3. The van der Waals surface area contributed by atoms with Crippen LogP contribution in [0.25, 0.3) is 0 Å². The van der Waals surface area contributed by atoms with E-state index in [1.165, 1.54) is 12.1 Å². The van der Waals surface area contributed by atoms with E-state index in [0.29, 0.717) is 0 Å². The molecule has 4 radical (unpaired) electrons. The van der Waals surface area contributed by atoms with Gasteiger partial charge in [0.25, 0.3) is 5.91 Å². The van der Waals surface area contributed by atoms with Crippen molar-refractivity contribution in [1.82, 2.24) is 0 Å². The fourth-order valence-corrected chi connectivity index (χ4v) is 0.682. The highest BCUT2D eigenvalue weighted by molar-refractivity contribution is 5.95. The molecular formula is C8H7NO2. The Morgan fingerprint density at radius 3 is 2.27 bits per heavy atom. The number of amides is 1. The van der Waals surface area contributed by atoms with E-state index in [1.807, 2.05) is 0 Å². The van der Waals surface area contributed by atoms with Gasteiger partial charge in [0, 0.05) is 7.43 Å². The van der Waals surface area contributed by atoms with Gasteiger partial charge in [-0.15, -0.1) is 0 Å². The zero-order valence-corrected chi connectivity index (χ0v) is 5.74. The lowest BCUT2D eigenvalue weighted by atomic mass is 10.2. The van der Waals surface area contributed by atoms with Crippen molar-refractivity contribution in [3.05, 3.63) is 37.3 Å². The van der Waals surface area contributed by atoms with Crippen LogP contribution < -0.4 is 5.73 Å². The van der Waals surface area contributed by atoms with Crippen LogP contribution in [0, 0.1) is 7.43 Å². The van der Waals surface area contributed by atoms with Crippen molar-refractivity contribution >= 4 is 5.91 Å². The average Bonchev–Trinajstić information content (AvgIpc) is 1.88. The van der Waals surface area contributed by atoms with Gasteiger partial charge in [-0.05, 0) is 12.1 Å². The van der Waals surface area contributed by atoms with E-state index in [-0.39, 0.29) is 18.7 Å². The number of rotatable bonds is 1. The predicted octanol–water partition coefficient (Wildman–Crippen LogP) is 0.572. The van der Waals surface area contributed by atoms with Crippen LogP contribution in [0.3, 0.4) is 0 Å². The summed E-state index contributed by atoms with van der Waals surface area (Å²) in [7, 11) is 0. The van der Waals surface area contributed by atoms with E-state index in [4.69, 9.17) is 10.8 Å². The van der Waals surface area contributed by atoms with Crippen LogP contribution in [-0.4, -0.2) is 11.0 Å². The van der Waals surface area contributed by atoms with Gasteiger partial charge in [-0.1, -0.05) is 12.1 Å². The van der Waals surface area contributed by atoms with Crippen molar-refractivity contribution in [1.29, 1.82) is 0 Å². The van der Waals surface area contributed by atoms with Gasteiger partial charge in [-0.25, -0.2) is 0 Å². The number of hydrogen-bond donors (Lipinski definition) is 2. The molecule has 0 bridgehead atoms. The maximum Gasteiger partial charge on any atom is 0.252 e. The van der Waals surface area contributed by atoms with Crippen LogP contribution in [-0.2, 0) is 0 Å². The maximum atomic E-state index is 10.5. The summed E-state index contributed by atoms with van der Waals surface area (Å²) in [6, 6.07) is 6.15. The van der Waals surface area contributed by atoms with Crippen molar-refractivity contribution < 1.29 is 9.90 Å². The minimum absolute atomic E-state index is 0. The maximum absolute atomic E-state index is 10.5. The molecule has 0 spiro atoms. The summed E-state index contributed by atoms with van der Waals surface area (Å²) < 4.78 is 0. The number of aromatic hydroxyl groups is 1. The summed E-state index contributed by atoms with van der Waals surface area (Å²) in [5.74, 6) is -0.687. The molecule has 0 aliphatic heterocycles. The number of hydrogen-bond acceptors (Lipinski definition) is 2. The van der Waals surface area contributed by atoms with E-state index >= 15 is 0 Å². The molecule has 0 saturated carbocycles. The Kier molecular flexibility index (Phi) is 3.11. The molecule has 3 heteroatoms. The van der Waals surface area contributed by atoms with Crippen LogP contribution in [0.15, 0.2) is 24.3 Å². The van der Waals surface area contributed by atoms with Crippen molar-refractivity contribution in [3.8, 4) is 5.75 Å². The Bertz CT molecular complexity index is 258. The van der Waals surface area contributed by atoms with Gasteiger partial charge < -0.3 is 10.8 Å². The Labute approximate surface area is 65.5 Å². The van der Waals surface area contributed by atoms with Gasteiger partial charge in [-0.3, -0.25) is 4.79 Å². The van der Waals surface area contributed by atoms with Crippen molar-refractivity contribution in [2.45, 2.75) is 0 Å². The summed E-state index contributed by atoms with van der Waals surface area (Å²) >= 11 is 0. The molecule has 1 aromatic carbocycles. The summed E-state index contributed by atoms with van der Waals surface area (Å²) in [6.07, 6.45) is 0. The van der Waals surface area contributed by atoms with Gasteiger partial charge in [0.2, 0.25) is 0 Å².